The zero-order chi connectivity index (χ0) is 17.6. The maximum absolute atomic E-state index is 11.3. The van der Waals surface area contributed by atoms with Crippen LogP contribution in [0.3, 0.4) is 0 Å². The molecule has 4 nitrogen and oxygen atoms in total. The van der Waals surface area contributed by atoms with Crippen LogP contribution in [0, 0.1) is 0 Å². The normalized spacial score (nSPS) is 28.7. The minimum atomic E-state index is -0.401. The summed E-state index contributed by atoms with van der Waals surface area (Å²) in [6.45, 7) is 2.93. The molecule has 0 radical (unpaired) electrons. The Morgan fingerprint density at radius 1 is 1.36 bits per heavy atom. The summed E-state index contributed by atoms with van der Waals surface area (Å²) in [5, 5.41) is 3.67. The van der Waals surface area contributed by atoms with Crippen LogP contribution >= 0.6 is 22.9 Å². The molecule has 1 aromatic carbocycles. The zero-order valence-corrected chi connectivity index (χ0v) is 15.6. The first kappa shape index (κ1) is 17.0. The summed E-state index contributed by atoms with van der Waals surface area (Å²) in [5.74, 6) is -0.401. The minimum absolute atomic E-state index is 0.164. The first-order valence-corrected chi connectivity index (χ1v) is 9.75. The average molecular weight is 377 g/mol. The molecule has 1 saturated heterocycles. The van der Waals surface area contributed by atoms with E-state index >= 15 is 0 Å². The number of amides is 1. The van der Waals surface area contributed by atoms with Crippen molar-refractivity contribution in [2.24, 2.45) is 5.73 Å². The number of ether oxygens (including phenoxy) is 1. The molecule has 3 heterocycles. The molecule has 0 saturated carbocycles. The average Bonchev–Trinajstić information content (AvgIpc) is 2.96. The van der Waals surface area contributed by atoms with Crippen molar-refractivity contribution in [1.82, 2.24) is 5.32 Å². The van der Waals surface area contributed by atoms with Gasteiger partial charge in [0.05, 0.1) is 10.9 Å². The first-order chi connectivity index (χ1) is 12.0. The van der Waals surface area contributed by atoms with Gasteiger partial charge in [-0.1, -0.05) is 23.7 Å². The highest BCUT2D eigenvalue weighted by Crippen LogP contribution is 2.49. The fourth-order valence-electron chi connectivity index (χ4n) is 4.15. The summed E-state index contributed by atoms with van der Waals surface area (Å²) < 4.78 is 7.20. The maximum Gasteiger partial charge on any atom is 0.248 e. The van der Waals surface area contributed by atoms with Crippen LogP contribution < -0.4 is 11.1 Å². The van der Waals surface area contributed by atoms with Gasteiger partial charge in [0.1, 0.15) is 5.60 Å². The van der Waals surface area contributed by atoms with Gasteiger partial charge in [0.2, 0.25) is 5.91 Å². The third kappa shape index (κ3) is 3.10. The highest BCUT2D eigenvalue weighted by molar-refractivity contribution is 7.16. The molecule has 6 heteroatoms. The van der Waals surface area contributed by atoms with E-state index in [4.69, 9.17) is 22.1 Å². The highest BCUT2D eigenvalue weighted by atomic mass is 35.5. The summed E-state index contributed by atoms with van der Waals surface area (Å²) in [5.41, 5.74) is 8.08. The predicted octanol–water partition coefficient (Wildman–Crippen LogP) is 3.78. The number of halogens is 1. The number of nitrogens with two attached hydrogens (primary N) is 1. The fourth-order valence-corrected chi connectivity index (χ4v) is 5.62. The minimum Gasteiger partial charge on any atom is -0.369 e. The van der Waals surface area contributed by atoms with E-state index in [2.05, 4.69) is 18.3 Å². The Morgan fingerprint density at radius 3 is 2.84 bits per heavy atom. The van der Waals surface area contributed by atoms with Gasteiger partial charge in [0, 0.05) is 28.9 Å². The molecular formula is C19H21ClN2O2S. The van der Waals surface area contributed by atoms with E-state index < -0.39 is 5.91 Å². The number of carbonyl (C=O) groups is 1. The molecule has 3 atom stereocenters. The van der Waals surface area contributed by atoms with Gasteiger partial charge in [-0.15, -0.1) is 11.3 Å². The van der Waals surface area contributed by atoms with Crippen LogP contribution in [0.15, 0.2) is 30.3 Å². The molecule has 4 rings (SSSR count). The molecule has 2 aliphatic rings. The molecule has 1 amide bonds. The topological polar surface area (TPSA) is 64.4 Å². The smallest absolute Gasteiger partial charge is 0.248 e. The lowest BCUT2D eigenvalue weighted by Crippen LogP contribution is -2.49. The summed E-state index contributed by atoms with van der Waals surface area (Å²) >= 11 is 7.95. The Morgan fingerprint density at radius 2 is 2.12 bits per heavy atom. The third-order valence-electron chi connectivity index (χ3n) is 5.20. The number of thiophene rings is 1. The SMILES string of the molecule is CC1CC2(CC(c3ccc(C(N)=O)cc3)N1)OCCc1cc(Cl)sc12. The fraction of sp³-hybridized carbons (Fsp3) is 0.421. The molecule has 3 N–H and O–H groups in total. The summed E-state index contributed by atoms with van der Waals surface area (Å²) in [6, 6.07) is 10.1. The Kier molecular flexibility index (Phi) is 4.36. The number of rotatable bonds is 2. The summed E-state index contributed by atoms with van der Waals surface area (Å²) in [7, 11) is 0. The number of carbonyl (C=O) groups excluding carboxylic acids is 1. The number of primary amides is 1. The largest absolute Gasteiger partial charge is 0.369 e. The number of piperidine rings is 1. The molecule has 132 valence electrons. The van der Waals surface area contributed by atoms with Crippen LogP contribution in [0.4, 0.5) is 0 Å². The van der Waals surface area contributed by atoms with Crippen molar-refractivity contribution in [1.29, 1.82) is 0 Å². The number of nitrogens with one attached hydrogen (secondary N) is 1. The van der Waals surface area contributed by atoms with E-state index in [1.807, 2.05) is 12.1 Å². The molecule has 2 aromatic rings. The van der Waals surface area contributed by atoms with Crippen molar-refractivity contribution in [3.05, 3.63) is 56.2 Å². The van der Waals surface area contributed by atoms with E-state index in [0.29, 0.717) is 11.6 Å². The van der Waals surface area contributed by atoms with Crippen molar-refractivity contribution in [2.75, 3.05) is 6.61 Å². The lowest BCUT2D eigenvalue weighted by molar-refractivity contribution is -0.0954. The summed E-state index contributed by atoms with van der Waals surface area (Å²) in [4.78, 5) is 12.6. The van der Waals surface area contributed by atoms with Crippen LogP contribution in [0.2, 0.25) is 4.34 Å². The lowest BCUT2D eigenvalue weighted by Gasteiger charge is -2.46. The van der Waals surface area contributed by atoms with Crippen molar-refractivity contribution in [3.8, 4) is 0 Å². The second-order valence-corrected chi connectivity index (χ2v) is 8.70. The zero-order valence-electron chi connectivity index (χ0n) is 14.0. The molecule has 3 unspecified atom stereocenters. The van der Waals surface area contributed by atoms with Gasteiger partial charge in [-0.2, -0.15) is 0 Å². The van der Waals surface area contributed by atoms with Gasteiger partial charge >= 0.3 is 0 Å². The molecule has 0 bridgehead atoms. The van der Waals surface area contributed by atoms with Gasteiger partial charge in [0.25, 0.3) is 0 Å². The second kappa shape index (κ2) is 6.40. The van der Waals surface area contributed by atoms with E-state index in [1.165, 1.54) is 10.4 Å². The molecule has 1 spiro atoms. The molecular weight excluding hydrogens is 356 g/mol. The van der Waals surface area contributed by atoms with Gasteiger partial charge in [-0.3, -0.25) is 4.79 Å². The number of fused-ring (bicyclic) bond motifs is 2. The lowest BCUT2D eigenvalue weighted by atomic mass is 9.78. The van der Waals surface area contributed by atoms with E-state index in [-0.39, 0.29) is 11.6 Å². The molecule has 25 heavy (non-hydrogen) atoms. The number of hydrogen-bond acceptors (Lipinski definition) is 4. The Balaban J connectivity index is 1.67. The number of hydrogen-bond donors (Lipinski definition) is 2. The molecule has 1 fully saturated rings. The third-order valence-corrected chi connectivity index (χ3v) is 6.69. The van der Waals surface area contributed by atoms with Crippen molar-refractivity contribution < 1.29 is 9.53 Å². The molecule has 1 aromatic heterocycles. The van der Waals surface area contributed by atoms with Crippen molar-refractivity contribution in [2.45, 2.75) is 43.9 Å². The Bertz CT molecular complexity index is 804. The van der Waals surface area contributed by atoms with E-state index in [1.54, 1.807) is 23.5 Å². The van der Waals surface area contributed by atoms with E-state index in [9.17, 15) is 4.79 Å². The monoisotopic (exact) mass is 376 g/mol. The first-order valence-electron chi connectivity index (χ1n) is 8.55. The Labute approximate surface area is 156 Å². The maximum atomic E-state index is 11.3. The second-order valence-electron chi connectivity index (χ2n) is 7.01. The quantitative estimate of drug-likeness (QED) is 0.838. The van der Waals surface area contributed by atoms with Crippen LogP contribution in [0.25, 0.3) is 0 Å². The van der Waals surface area contributed by atoms with Gasteiger partial charge in [0.15, 0.2) is 0 Å². The van der Waals surface area contributed by atoms with Crippen LogP contribution in [0.1, 0.15) is 52.2 Å². The standard InChI is InChI=1S/C19H21ClN2O2S/c1-11-9-19(17-14(6-7-24-19)8-16(20)25-17)10-15(22-11)12-2-4-13(5-3-12)18(21)23/h2-5,8,11,15,22H,6-7,9-10H2,1H3,(H2,21,23). The molecule has 0 aliphatic carbocycles. The van der Waals surface area contributed by atoms with Gasteiger partial charge in [-0.05, 0) is 49.1 Å². The number of benzene rings is 1. The van der Waals surface area contributed by atoms with Crippen molar-refractivity contribution in [3.63, 3.8) is 0 Å². The Hall–Kier alpha value is -1.40. The molecule has 2 aliphatic heterocycles. The van der Waals surface area contributed by atoms with Crippen molar-refractivity contribution >= 4 is 28.8 Å². The van der Waals surface area contributed by atoms with Crippen LogP contribution in [0.5, 0.6) is 0 Å². The predicted molar refractivity (Wildman–Crippen MR) is 100 cm³/mol. The van der Waals surface area contributed by atoms with Crippen LogP contribution in [-0.4, -0.2) is 18.6 Å². The van der Waals surface area contributed by atoms with Gasteiger partial charge < -0.3 is 15.8 Å². The van der Waals surface area contributed by atoms with Crippen LogP contribution in [-0.2, 0) is 16.8 Å². The highest BCUT2D eigenvalue weighted by Gasteiger charge is 2.46. The van der Waals surface area contributed by atoms with Gasteiger partial charge in [-0.25, -0.2) is 0 Å². The van der Waals surface area contributed by atoms with E-state index in [0.717, 1.165) is 35.8 Å². The summed E-state index contributed by atoms with van der Waals surface area (Å²) in [6.07, 6.45) is 2.73.